The zero-order valence-electron chi connectivity index (χ0n) is 7.83. The van der Waals surface area contributed by atoms with Crippen LogP contribution in [0.3, 0.4) is 0 Å². The van der Waals surface area contributed by atoms with Gasteiger partial charge < -0.3 is 0 Å². The highest BCUT2D eigenvalue weighted by Crippen LogP contribution is 2.13. The van der Waals surface area contributed by atoms with Crippen molar-refractivity contribution >= 4 is 6.21 Å². The summed E-state index contributed by atoms with van der Waals surface area (Å²) in [6.07, 6.45) is 13.7. The monoisotopic (exact) mass is 151 g/mol. The first-order chi connectivity index (χ1) is 5.06. The van der Waals surface area contributed by atoms with E-state index < -0.39 is 0 Å². The third-order valence-corrected chi connectivity index (χ3v) is 0.810. The Morgan fingerprint density at radius 2 is 1.64 bits per heavy atom. The van der Waals surface area contributed by atoms with E-state index in [4.69, 9.17) is 0 Å². The predicted octanol–water partition coefficient (Wildman–Crippen LogP) is 2.89. The van der Waals surface area contributed by atoms with Crippen molar-refractivity contribution in [2.45, 2.75) is 27.7 Å². The van der Waals surface area contributed by atoms with Crippen LogP contribution in [0.25, 0.3) is 0 Å². The summed E-state index contributed by atoms with van der Waals surface area (Å²) in [6.45, 7) is 8.35. The molecule has 62 valence electrons. The second kappa shape index (κ2) is 7.08. The van der Waals surface area contributed by atoms with Gasteiger partial charge in [-0.1, -0.05) is 26.8 Å². The molecule has 0 rings (SSSR count). The van der Waals surface area contributed by atoms with Crippen molar-refractivity contribution in [3.05, 3.63) is 12.3 Å². The maximum atomic E-state index is 4.00. The topological polar surface area (TPSA) is 12.4 Å². The molecule has 0 heterocycles. The molecule has 0 atom stereocenters. The highest BCUT2D eigenvalue weighted by Gasteiger charge is 2.01. The van der Waals surface area contributed by atoms with Crippen molar-refractivity contribution in [1.29, 1.82) is 0 Å². The number of allylic oxidation sites excluding steroid dienone is 1. The standard InChI is InChI=1S/C8H15N.C2H2/c1-5-9-7-6-8(2,3)4;1-2/h5-7H,1-4H3;1-2H/b7-6-,9-5?;. The molecule has 0 N–H and O–H groups in total. The Hall–Kier alpha value is -1.03. The minimum absolute atomic E-state index is 0.256. The Morgan fingerprint density at radius 3 is 1.91 bits per heavy atom. The van der Waals surface area contributed by atoms with Crippen molar-refractivity contribution in [2.75, 3.05) is 0 Å². The lowest BCUT2D eigenvalue weighted by Crippen LogP contribution is -1.97. The Kier molecular flexibility index (Phi) is 8.13. The molecule has 0 aliphatic carbocycles. The first-order valence-corrected chi connectivity index (χ1v) is 3.55. The van der Waals surface area contributed by atoms with Crippen LogP contribution in [0, 0.1) is 18.3 Å². The fourth-order valence-corrected chi connectivity index (χ4v) is 0.353. The van der Waals surface area contributed by atoms with Crippen molar-refractivity contribution < 1.29 is 0 Å². The van der Waals surface area contributed by atoms with Gasteiger partial charge in [-0.25, -0.2) is 0 Å². The third kappa shape index (κ3) is 17.6. The lowest BCUT2D eigenvalue weighted by molar-refractivity contribution is 0.543. The Labute approximate surface area is 70.2 Å². The highest BCUT2D eigenvalue weighted by molar-refractivity contribution is 5.54. The van der Waals surface area contributed by atoms with E-state index in [9.17, 15) is 0 Å². The molecule has 0 aromatic rings. The van der Waals surface area contributed by atoms with E-state index in [1.807, 2.05) is 13.1 Å². The normalized spacial score (nSPS) is 11.5. The van der Waals surface area contributed by atoms with Crippen LogP contribution in [0.2, 0.25) is 0 Å². The van der Waals surface area contributed by atoms with E-state index >= 15 is 0 Å². The number of rotatable bonds is 1. The summed E-state index contributed by atoms with van der Waals surface area (Å²) < 4.78 is 0. The van der Waals surface area contributed by atoms with Crippen molar-refractivity contribution in [3.63, 3.8) is 0 Å². The number of hydrogen-bond acceptors (Lipinski definition) is 1. The fourth-order valence-electron chi connectivity index (χ4n) is 0.353. The molecule has 0 bridgehead atoms. The molecule has 0 saturated carbocycles. The summed E-state index contributed by atoms with van der Waals surface area (Å²) in [6, 6.07) is 0. The van der Waals surface area contributed by atoms with Crippen LogP contribution in [0.4, 0.5) is 0 Å². The van der Waals surface area contributed by atoms with E-state index in [0.29, 0.717) is 0 Å². The van der Waals surface area contributed by atoms with E-state index in [0.717, 1.165) is 0 Å². The molecular formula is C10H17N. The molecule has 1 heteroatoms. The van der Waals surface area contributed by atoms with Crippen LogP contribution < -0.4 is 0 Å². The zero-order chi connectivity index (χ0) is 9.33. The maximum Gasteiger partial charge on any atom is 0.0229 e. The Balaban J connectivity index is 0. The first kappa shape index (κ1) is 12.6. The lowest BCUT2D eigenvalue weighted by Gasteiger charge is -2.09. The van der Waals surface area contributed by atoms with Crippen LogP contribution in [-0.2, 0) is 0 Å². The van der Waals surface area contributed by atoms with Gasteiger partial charge in [0.2, 0.25) is 0 Å². The SMILES string of the molecule is C#C.CC=N/C=C\C(C)(C)C. The molecule has 0 saturated heterocycles. The van der Waals surface area contributed by atoms with Crippen molar-refractivity contribution in [1.82, 2.24) is 0 Å². The number of nitrogens with zero attached hydrogens (tertiary/aromatic N) is 1. The summed E-state index contributed by atoms with van der Waals surface area (Å²) in [5, 5.41) is 0. The third-order valence-electron chi connectivity index (χ3n) is 0.810. The minimum Gasteiger partial charge on any atom is -0.270 e. The molecule has 0 aromatic heterocycles. The summed E-state index contributed by atoms with van der Waals surface area (Å²) >= 11 is 0. The van der Waals surface area contributed by atoms with Gasteiger partial charge in [-0.3, -0.25) is 4.99 Å². The van der Waals surface area contributed by atoms with E-state index in [1.165, 1.54) is 0 Å². The molecule has 1 nitrogen and oxygen atoms in total. The van der Waals surface area contributed by atoms with Gasteiger partial charge in [-0.15, -0.1) is 12.8 Å². The highest BCUT2D eigenvalue weighted by atomic mass is 14.6. The largest absolute Gasteiger partial charge is 0.270 e. The van der Waals surface area contributed by atoms with E-state index in [-0.39, 0.29) is 5.41 Å². The van der Waals surface area contributed by atoms with Gasteiger partial charge in [0.25, 0.3) is 0 Å². The van der Waals surface area contributed by atoms with Gasteiger partial charge in [-0.05, 0) is 12.3 Å². The van der Waals surface area contributed by atoms with Crippen LogP contribution in [0.1, 0.15) is 27.7 Å². The van der Waals surface area contributed by atoms with Crippen LogP contribution in [0.15, 0.2) is 17.3 Å². The van der Waals surface area contributed by atoms with Crippen LogP contribution in [0.5, 0.6) is 0 Å². The van der Waals surface area contributed by atoms with Crippen molar-refractivity contribution in [2.24, 2.45) is 10.4 Å². The molecule has 0 aliphatic rings. The van der Waals surface area contributed by atoms with Crippen molar-refractivity contribution in [3.8, 4) is 12.8 Å². The first-order valence-electron chi connectivity index (χ1n) is 3.55. The fraction of sp³-hybridized carbons (Fsp3) is 0.500. The van der Waals surface area contributed by atoms with Gasteiger partial charge >= 0.3 is 0 Å². The quantitative estimate of drug-likeness (QED) is 0.403. The van der Waals surface area contributed by atoms with Gasteiger partial charge in [0.1, 0.15) is 0 Å². The smallest absolute Gasteiger partial charge is 0.0229 e. The lowest BCUT2D eigenvalue weighted by atomic mass is 9.97. The summed E-state index contributed by atoms with van der Waals surface area (Å²) in [5.74, 6) is 0. The molecule has 0 radical (unpaired) electrons. The average molecular weight is 151 g/mol. The molecular weight excluding hydrogens is 134 g/mol. The Morgan fingerprint density at radius 1 is 1.18 bits per heavy atom. The van der Waals surface area contributed by atoms with Gasteiger partial charge in [0.15, 0.2) is 0 Å². The molecule has 0 unspecified atom stereocenters. The molecule has 0 fully saturated rings. The molecule has 0 amide bonds. The van der Waals surface area contributed by atoms with E-state index in [2.05, 4.69) is 44.7 Å². The van der Waals surface area contributed by atoms with Crippen LogP contribution >= 0.6 is 0 Å². The summed E-state index contributed by atoms with van der Waals surface area (Å²) in [5.41, 5.74) is 0.256. The number of aliphatic imine (C=N–C) groups is 1. The number of hydrogen-bond donors (Lipinski definition) is 0. The second-order valence-corrected chi connectivity index (χ2v) is 3.09. The zero-order valence-corrected chi connectivity index (χ0v) is 7.83. The molecule has 11 heavy (non-hydrogen) atoms. The van der Waals surface area contributed by atoms with Gasteiger partial charge in [0, 0.05) is 12.4 Å². The Bertz CT molecular complexity index is 144. The van der Waals surface area contributed by atoms with Gasteiger partial charge in [-0.2, -0.15) is 0 Å². The number of terminal acetylenes is 1. The predicted molar refractivity (Wildman–Crippen MR) is 52.7 cm³/mol. The average Bonchev–Trinajstić information content (AvgIpc) is 1.90. The molecule has 0 aliphatic heterocycles. The second-order valence-electron chi connectivity index (χ2n) is 3.09. The van der Waals surface area contributed by atoms with E-state index in [1.54, 1.807) is 6.21 Å². The molecule has 0 aromatic carbocycles. The summed E-state index contributed by atoms with van der Waals surface area (Å²) in [4.78, 5) is 3.95. The van der Waals surface area contributed by atoms with Crippen LogP contribution in [-0.4, -0.2) is 6.21 Å². The van der Waals surface area contributed by atoms with Gasteiger partial charge in [0.05, 0.1) is 0 Å². The summed E-state index contributed by atoms with van der Waals surface area (Å²) in [7, 11) is 0. The minimum atomic E-state index is 0.256. The molecule has 0 spiro atoms. The maximum absolute atomic E-state index is 4.00.